The topological polar surface area (TPSA) is 34.2 Å². The van der Waals surface area contributed by atoms with Crippen molar-refractivity contribution in [1.29, 1.82) is 0 Å². The number of hydrogen-bond donors (Lipinski definition) is 1. The maximum absolute atomic E-state index is 13.4. The first-order chi connectivity index (χ1) is 9.95. The van der Waals surface area contributed by atoms with E-state index < -0.39 is 5.82 Å². The molecule has 0 spiro atoms. The summed E-state index contributed by atoms with van der Waals surface area (Å²) in [6.45, 7) is 4.45. The highest BCUT2D eigenvalue weighted by Crippen LogP contribution is 2.32. The van der Waals surface area contributed by atoms with Crippen LogP contribution in [0.25, 0.3) is 0 Å². The average molecular weight is 329 g/mol. The number of nitrogens with zero attached hydrogens (tertiary/aromatic N) is 1. The summed E-state index contributed by atoms with van der Waals surface area (Å²) in [5.41, 5.74) is 0.620. The van der Waals surface area contributed by atoms with E-state index in [4.69, 9.17) is 27.9 Å². The quantitative estimate of drug-likeness (QED) is 0.854. The van der Waals surface area contributed by atoms with Gasteiger partial charge in [-0.3, -0.25) is 0 Å². The van der Waals surface area contributed by atoms with Crippen molar-refractivity contribution in [3.63, 3.8) is 0 Å². The van der Waals surface area contributed by atoms with Gasteiger partial charge in [0.05, 0.1) is 11.2 Å². The summed E-state index contributed by atoms with van der Waals surface area (Å²) in [5.74, 6) is 0.324. The molecule has 1 aromatic carbocycles. The number of benzene rings is 1. The van der Waals surface area contributed by atoms with Crippen molar-refractivity contribution in [3.8, 4) is 11.6 Å². The van der Waals surface area contributed by atoms with Crippen LogP contribution in [0, 0.1) is 5.82 Å². The van der Waals surface area contributed by atoms with Gasteiger partial charge in [0.2, 0.25) is 5.88 Å². The zero-order chi connectivity index (χ0) is 15.4. The number of halogens is 3. The van der Waals surface area contributed by atoms with Crippen molar-refractivity contribution >= 4 is 23.2 Å². The van der Waals surface area contributed by atoms with E-state index in [-0.39, 0.29) is 6.04 Å². The minimum Gasteiger partial charge on any atom is -0.437 e. The number of hydrogen-bond acceptors (Lipinski definition) is 3. The molecule has 1 heterocycles. The second kappa shape index (κ2) is 7.07. The van der Waals surface area contributed by atoms with Crippen LogP contribution < -0.4 is 10.1 Å². The molecule has 0 amide bonds. The van der Waals surface area contributed by atoms with Crippen LogP contribution in [0.5, 0.6) is 11.6 Å². The molecule has 0 radical (unpaired) electrons. The van der Waals surface area contributed by atoms with E-state index in [1.165, 1.54) is 6.07 Å². The minimum absolute atomic E-state index is 0.264. The minimum atomic E-state index is -0.412. The van der Waals surface area contributed by atoms with Gasteiger partial charge in [-0.25, -0.2) is 9.37 Å². The summed E-state index contributed by atoms with van der Waals surface area (Å²) >= 11 is 11.9. The SMILES string of the molecule is CC(C)NCc1cc(F)cnc1Oc1ccc(Cl)cc1Cl. The molecule has 0 saturated heterocycles. The Morgan fingerprint density at radius 1 is 1.29 bits per heavy atom. The summed E-state index contributed by atoms with van der Waals surface area (Å²) in [7, 11) is 0. The fourth-order valence-corrected chi connectivity index (χ4v) is 2.11. The van der Waals surface area contributed by atoms with Crippen molar-refractivity contribution < 1.29 is 9.13 Å². The third-order valence-electron chi connectivity index (χ3n) is 2.69. The predicted molar refractivity (Wildman–Crippen MR) is 82.7 cm³/mol. The first-order valence-corrected chi connectivity index (χ1v) is 7.22. The molecule has 0 aliphatic carbocycles. The van der Waals surface area contributed by atoms with Gasteiger partial charge in [-0.2, -0.15) is 0 Å². The number of rotatable bonds is 5. The first-order valence-electron chi connectivity index (χ1n) is 6.46. The lowest BCUT2D eigenvalue weighted by atomic mass is 10.2. The molecule has 0 bridgehead atoms. The lowest BCUT2D eigenvalue weighted by Gasteiger charge is -2.13. The van der Waals surface area contributed by atoms with Crippen LogP contribution in [0.2, 0.25) is 10.0 Å². The van der Waals surface area contributed by atoms with Crippen LogP contribution in [0.1, 0.15) is 19.4 Å². The molecular weight excluding hydrogens is 314 g/mol. The molecule has 0 unspecified atom stereocenters. The van der Waals surface area contributed by atoms with E-state index in [0.717, 1.165) is 6.20 Å². The molecule has 2 rings (SSSR count). The third kappa shape index (κ3) is 4.56. The Kier molecular flexibility index (Phi) is 5.39. The van der Waals surface area contributed by atoms with E-state index >= 15 is 0 Å². The van der Waals surface area contributed by atoms with Crippen molar-refractivity contribution in [2.75, 3.05) is 0 Å². The third-order valence-corrected chi connectivity index (χ3v) is 3.22. The van der Waals surface area contributed by atoms with Gasteiger partial charge < -0.3 is 10.1 Å². The Morgan fingerprint density at radius 3 is 2.71 bits per heavy atom. The standard InChI is InChI=1S/C15H15Cl2FN2O/c1-9(2)19-7-10-5-12(18)8-20-15(10)21-14-4-3-11(16)6-13(14)17/h3-6,8-9,19H,7H2,1-2H3. The Hall–Kier alpha value is -1.36. The molecule has 0 atom stereocenters. The van der Waals surface area contributed by atoms with Gasteiger partial charge in [0, 0.05) is 23.2 Å². The van der Waals surface area contributed by atoms with Crippen LogP contribution in [0.4, 0.5) is 4.39 Å². The van der Waals surface area contributed by atoms with Gasteiger partial charge in [0.1, 0.15) is 11.6 Å². The van der Waals surface area contributed by atoms with E-state index in [2.05, 4.69) is 10.3 Å². The van der Waals surface area contributed by atoms with Gasteiger partial charge in [0.15, 0.2) is 0 Å². The van der Waals surface area contributed by atoms with Crippen LogP contribution in [0.3, 0.4) is 0 Å². The number of nitrogens with one attached hydrogen (secondary N) is 1. The Balaban J connectivity index is 2.26. The molecule has 0 aliphatic rings. The lowest BCUT2D eigenvalue weighted by Crippen LogP contribution is -2.22. The molecule has 0 saturated carbocycles. The van der Waals surface area contributed by atoms with Crippen LogP contribution >= 0.6 is 23.2 Å². The molecule has 6 heteroatoms. The van der Waals surface area contributed by atoms with Crippen LogP contribution in [0.15, 0.2) is 30.5 Å². The van der Waals surface area contributed by atoms with E-state index in [0.29, 0.717) is 33.8 Å². The Morgan fingerprint density at radius 2 is 2.05 bits per heavy atom. The summed E-state index contributed by atoms with van der Waals surface area (Å²) < 4.78 is 19.0. The highest BCUT2D eigenvalue weighted by atomic mass is 35.5. The van der Waals surface area contributed by atoms with Gasteiger partial charge in [-0.05, 0) is 24.3 Å². The van der Waals surface area contributed by atoms with Gasteiger partial charge in [0.25, 0.3) is 0 Å². The summed E-state index contributed by atoms with van der Waals surface area (Å²) in [6.07, 6.45) is 1.11. The highest BCUT2D eigenvalue weighted by Gasteiger charge is 2.11. The molecule has 3 nitrogen and oxygen atoms in total. The summed E-state index contributed by atoms with van der Waals surface area (Å²) in [5, 5.41) is 4.08. The molecular formula is C15H15Cl2FN2O. The van der Waals surface area contributed by atoms with Gasteiger partial charge in [-0.15, -0.1) is 0 Å². The second-order valence-electron chi connectivity index (χ2n) is 4.83. The normalized spacial score (nSPS) is 11.0. The number of pyridine rings is 1. The fourth-order valence-electron chi connectivity index (χ4n) is 1.66. The maximum atomic E-state index is 13.4. The van der Waals surface area contributed by atoms with E-state index in [1.54, 1.807) is 18.2 Å². The average Bonchev–Trinajstić information content (AvgIpc) is 2.41. The predicted octanol–water partition coefficient (Wildman–Crippen LogP) is 4.82. The zero-order valence-corrected chi connectivity index (χ0v) is 13.2. The maximum Gasteiger partial charge on any atom is 0.223 e. The highest BCUT2D eigenvalue weighted by molar-refractivity contribution is 6.35. The Labute approximate surface area is 133 Å². The van der Waals surface area contributed by atoms with Gasteiger partial charge in [-0.1, -0.05) is 37.0 Å². The number of ether oxygens (including phenoxy) is 1. The largest absolute Gasteiger partial charge is 0.437 e. The first kappa shape index (κ1) is 16.0. The second-order valence-corrected chi connectivity index (χ2v) is 5.67. The lowest BCUT2D eigenvalue weighted by molar-refractivity contribution is 0.446. The van der Waals surface area contributed by atoms with Crippen molar-refractivity contribution in [2.45, 2.75) is 26.4 Å². The van der Waals surface area contributed by atoms with Crippen LogP contribution in [-0.4, -0.2) is 11.0 Å². The zero-order valence-electron chi connectivity index (χ0n) is 11.7. The molecule has 1 N–H and O–H groups in total. The van der Waals surface area contributed by atoms with Crippen molar-refractivity contribution in [2.24, 2.45) is 0 Å². The molecule has 1 aromatic heterocycles. The van der Waals surface area contributed by atoms with Crippen molar-refractivity contribution in [1.82, 2.24) is 10.3 Å². The summed E-state index contributed by atoms with van der Waals surface area (Å²) in [4.78, 5) is 3.99. The smallest absolute Gasteiger partial charge is 0.223 e. The monoisotopic (exact) mass is 328 g/mol. The fraction of sp³-hybridized carbons (Fsp3) is 0.267. The molecule has 21 heavy (non-hydrogen) atoms. The van der Waals surface area contributed by atoms with E-state index in [9.17, 15) is 4.39 Å². The van der Waals surface area contributed by atoms with Crippen LogP contribution in [-0.2, 0) is 6.54 Å². The summed E-state index contributed by atoms with van der Waals surface area (Å²) in [6, 6.07) is 6.55. The van der Waals surface area contributed by atoms with Gasteiger partial charge >= 0.3 is 0 Å². The van der Waals surface area contributed by atoms with E-state index in [1.807, 2.05) is 13.8 Å². The molecule has 112 valence electrons. The number of aromatic nitrogens is 1. The molecule has 2 aromatic rings. The molecule has 0 aliphatic heterocycles. The van der Waals surface area contributed by atoms with Crippen molar-refractivity contribution in [3.05, 3.63) is 51.9 Å². The Bertz CT molecular complexity index is 635. The molecule has 0 fully saturated rings.